The van der Waals surface area contributed by atoms with Gasteiger partial charge in [0.25, 0.3) is 5.91 Å². The van der Waals surface area contributed by atoms with Gasteiger partial charge < -0.3 is 25.4 Å². The van der Waals surface area contributed by atoms with E-state index >= 15 is 0 Å². The first-order valence-electron chi connectivity index (χ1n) is 13.5. The van der Waals surface area contributed by atoms with Crippen LogP contribution in [0.3, 0.4) is 0 Å². The van der Waals surface area contributed by atoms with Crippen LogP contribution in [0.5, 0.6) is 5.75 Å². The normalized spacial score (nSPS) is 13.0. The molecule has 0 aliphatic rings. The maximum atomic E-state index is 14.0. The van der Waals surface area contributed by atoms with Gasteiger partial charge in [0.2, 0.25) is 5.91 Å². The number of phenols is 1. The van der Waals surface area contributed by atoms with E-state index < -0.39 is 23.6 Å². The number of aryl methyl sites for hydroxylation is 3. The molecule has 8 nitrogen and oxygen atoms in total. The van der Waals surface area contributed by atoms with E-state index in [9.17, 15) is 19.5 Å². The maximum Gasteiger partial charge on any atom is 0.408 e. The summed E-state index contributed by atoms with van der Waals surface area (Å²) in [7, 11) is 0. The van der Waals surface area contributed by atoms with Crippen LogP contribution in [-0.4, -0.2) is 46.1 Å². The molecule has 2 atom stereocenters. The quantitative estimate of drug-likeness (QED) is 0.334. The molecular formula is C31H45N3O5. The number of ether oxygens (including phenoxy) is 1. The van der Waals surface area contributed by atoms with Crippen LogP contribution in [0.1, 0.15) is 82.7 Å². The minimum atomic E-state index is -1.00. The van der Waals surface area contributed by atoms with Gasteiger partial charge in [0, 0.05) is 11.7 Å². The molecular weight excluding hydrogens is 494 g/mol. The minimum absolute atomic E-state index is 0.102. The third kappa shape index (κ3) is 9.30. The minimum Gasteiger partial charge on any atom is -0.508 e. The lowest BCUT2D eigenvalue weighted by atomic mass is 9.96. The van der Waals surface area contributed by atoms with Crippen LogP contribution >= 0.6 is 0 Å². The summed E-state index contributed by atoms with van der Waals surface area (Å²) >= 11 is 0. The fourth-order valence-electron chi connectivity index (χ4n) is 4.40. The van der Waals surface area contributed by atoms with Crippen molar-refractivity contribution in [3.05, 3.63) is 58.7 Å². The van der Waals surface area contributed by atoms with Crippen molar-refractivity contribution in [1.29, 1.82) is 0 Å². The molecule has 3 amide bonds. The number of hydrogen-bond donors (Lipinski definition) is 3. The summed E-state index contributed by atoms with van der Waals surface area (Å²) in [4.78, 5) is 41.7. The highest BCUT2D eigenvalue weighted by atomic mass is 16.6. The molecule has 0 fully saturated rings. The lowest BCUT2D eigenvalue weighted by Gasteiger charge is -2.37. The van der Waals surface area contributed by atoms with Gasteiger partial charge in [0.15, 0.2) is 0 Å². The van der Waals surface area contributed by atoms with Gasteiger partial charge in [-0.15, -0.1) is 0 Å². The molecule has 0 spiro atoms. The first-order chi connectivity index (χ1) is 18.1. The standard InChI is InChI=1S/C31H45N3O5/c1-19(2)13-14-23(6)34(26(36)18-32-30(38)39-31(7,8)9)28(24-15-16-25(35)22(5)17-24)29(37)33-27-20(3)11-10-12-21(27)4/h10-12,15-17,19,23,28,35H,13-14,18H2,1-9H3,(H,32,38)(H,33,37). The highest BCUT2D eigenvalue weighted by Gasteiger charge is 2.35. The van der Waals surface area contributed by atoms with Gasteiger partial charge in [-0.25, -0.2) is 4.79 Å². The lowest BCUT2D eigenvalue weighted by molar-refractivity contribution is -0.140. The van der Waals surface area contributed by atoms with Crippen molar-refractivity contribution in [2.24, 2.45) is 5.92 Å². The topological polar surface area (TPSA) is 108 Å². The molecule has 2 aromatic carbocycles. The number of para-hydroxylation sites is 1. The van der Waals surface area contributed by atoms with E-state index in [4.69, 9.17) is 4.74 Å². The zero-order valence-electron chi connectivity index (χ0n) is 24.8. The monoisotopic (exact) mass is 539 g/mol. The third-order valence-corrected chi connectivity index (χ3v) is 6.50. The van der Waals surface area contributed by atoms with E-state index in [1.54, 1.807) is 44.7 Å². The predicted octanol–water partition coefficient (Wildman–Crippen LogP) is 6.18. The van der Waals surface area contributed by atoms with E-state index in [0.29, 0.717) is 29.2 Å². The zero-order chi connectivity index (χ0) is 29.5. The Labute approximate surface area is 233 Å². The van der Waals surface area contributed by atoms with E-state index in [0.717, 1.165) is 17.5 Å². The van der Waals surface area contributed by atoms with E-state index in [1.165, 1.54) is 6.07 Å². The Morgan fingerprint density at radius 2 is 1.56 bits per heavy atom. The Kier molecular flexibility index (Phi) is 11.0. The van der Waals surface area contributed by atoms with Crippen molar-refractivity contribution < 1.29 is 24.2 Å². The Morgan fingerprint density at radius 1 is 0.949 bits per heavy atom. The molecule has 3 N–H and O–H groups in total. The average molecular weight is 540 g/mol. The summed E-state index contributed by atoms with van der Waals surface area (Å²) in [6.45, 7) is 16.6. The number of nitrogens with zero attached hydrogens (tertiary/aromatic N) is 1. The fourth-order valence-corrected chi connectivity index (χ4v) is 4.40. The van der Waals surface area contributed by atoms with Crippen LogP contribution in [0.2, 0.25) is 0 Å². The third-order valence-electron chi connectivity index (χ3n) is 6.50. The van der Waals surface area contributed by atoms with E-state index in [2.05, 4.69) is 24.5 Å². The van der Waals surface area contributed by atoms with Crippen LogP contribution in [0.25, 0.3) is 0 Å². The number of anilines is 1. The molecule has 8 heteroatoms. The van der Waals surface area contributed by atoms with Crippen LogP contribution < -0.4 is 10.6 Å². The van der Waals surface area contributed by atoms with Crippen molar-refractivity contribution in [2.45, 2.75) is 92.8 Å². The molecule has 214 valence electrons. The summed E-state index contributed by atoms with van der Waals surface area (Å²) in [6, 6.07) is 9.36. The molecule has 0 saturated carbocycles. The highest BCUT2D eigenvalue weighted by Crippen LogP contribution is 2.31. The second kappa shape index (κ2) is 13.5. The second-order valence-electron chi connectivity index (χ2n) is 11.7. The van der Waals surface area contributed by atoms with Crippen LogP contribution in [0, 0.1) is 26.7 Å². The highest BCUT2D eigenvalue weighted by molar-refractivity contribution is 5.99. The Bertz CT molecular complexity index is 1150. The average Bonchev–Trinajstić information content (AvgIpc) is 2.82. The summed E-state index contributed by atoms with van der Waals surface area (Å²) in [5, 5.41) is 15.8. The largest absolute Gasteiger partial charge is 0.508 e. The number of alkyl carbamates (subject to hydrolysis) is 1. The van der Waals surface area contributed by atoms with Crippen molar-refractivity contribution >= 4 is 23.6 Å². The summed E-state index contributed by atoms with van der Waals surface area (Å²) < 4.78 is 5.31. The number of benzene rings is 2. The zero-order valence-corrected chi connectivity index (χ0v) is 24.8. The van der Waals surface area contributed by atoms with Crippen LogP contribution in [0.4, 0.5) is 10.5 Å². The molecule has 0 heterocycles. The Morgan fingerprint density at radius 3 is 2.10 bits per heavy atom. The molecule has 0 radical (unpaired) electrons. The van der Waals surface area contributed by atoms with Crippen LogP contribution in [-0.2, 0) is 14.3 Å². The van der Waals surface area contributed by atoms with Crippen molar-refractivity contribution in [2.75, 3.05) is 11.9 Å². The first kappa shape index (κ1) is 31.7. The Balaban J connectivity index is 2.54. The number of carbonyl (C=O) groups excluding carboxylic acids is 3. The number of hydrogen-bond acceptors (Lipinski definition) is 5. The molecule has 39 heavy (non-hydrogen) atoms. The molecule has 0 aliphatic heterocycles. The van der Waals surface area contributed by atoms with Crippen molar-refractivity contribution in [3.63, 3.8) is 0 Å². The molecule has 0 aromatic heterocycles. The number of carbonyl (C=O) groups is 3. The van der Waals surface area contributed by atoms with Gasteiger partial charge in [-0.3, -0.25) is 9.59 Å². The van der Waals surface area contributed by atoms with Gasteiger partial charge in [-0.05, 0) is 102 Å². The van der Waals surface area contributed by atoms with Gasteiger partial charge in [-0.2, -0.15) is 0 Å². The number of rotatable bonds is 10. The number of phenolic OH excluding ortho intramolecular Hbond substituents is 1. The molecule has 0 aliphatic carbocycles. The molecule has 2 aromatic rings. The SMILES string of the molecule is Cc1cc(C(C(=O)Nc2c(C)cccc2C)N(C(=O)CNC(=O)OC(C)(C)C)C(C)CCC(C)C)ccc1O. The van der Waals surface area contributed by atoms with Gasteiger partial charge in [0.1, 0.15) is 23.9 Å². The molecule has 2 rings (SSSR count). The van der Waals surface area contributed by atoms with Crippen molar-refractivity contribution in [1.82, 2.24) is 10.2 Å². The molecule has 2 unspecified atom stereocenters. The van der Waals surface area contributed by atoms with Gasteiger partial charge in [-0.1, -0.05) is 38.1 Å². The van der Waals surface area contributed by atoms with Gasteiger partial charge in [0.05, 0.1) is 0 Å². The smallest absolute Gasteiger partial charge is 0.408 e. The van der Waals surface area contributed by atoms with E-state index in [-0.39, 0.29) is 24.2 Å². The van der Waals surface area contributed by atoms with Gasteiger partial charge >= 0.3 is 6.09 Å². The maximum absolute atomic E-state index is 14.0. The predicted molar refractivity (Wildman–Crippen MR) is 155 cm³/mol. The molecule has 0 bridgehead atoms. The Hall–Kier alpha value is -3.55. The van der Waals surface area contributed by atoms with E-state index in [1.807, 2.05) is 39.0 Å². The number of amides is 3. The van der Waals surface area contributed by atoms with Crippen molar-refractivity contribution in [3.8, 4) is 5.75 Å². The first-order valence-corrected chi connectivity index (χ1v) is 13.5. The van der Waals surface area contributed by atoms with Crippen LogP contribution in [0.15, 0.2) is 36.4 Å². The number of aromatic hydroxyl groups is 1. The molecule has 0 saturated heterocycles. The summed E-state index contributed by atoms with van der Waals surface area (Å²) in [5.41, 5.74) is 2.94. The summed E-state index contributed by atoms with van der Waals surface area (Å²) in [5.74, 6) is -0.281. The fraction of sp³-hybridized carbons (Fsp3) is 0.516. The number of nitrogens with one attached hydrogen (secondary N) is 2. The second-order valence-corrected chi connectivity index (χ2v) is 11.7. The lowest BCUT2D eigenvalue weighted by Crippen LogP contribution is -2.50. The summed E-state index contributed by atoms with van der Waals surface area (Å²) in [6.07, 6.45) is 0.812.